The first-order valence-corrected chi connectivity index (χ1v) is 7.07. The van der Waals surface area contributed by atoms with E-state index in [0.717, 1.165) is 16.3 Å². The lowest BCUT2D eigenvalue weighted by atomic mass is 10.0. The molecule has 0 saturated carbocycles. The molecule has 1 aromatic heterocycles. The average molecular weight is 300 g/mol. The molecule has 0 saturated heterocycles. The van der Waals surface area contributed by atoms with Gasteiger partial charge in [-0.25, -0.2) is 0 Å². The van der Waals surface area contributed by atoms with Crippen molar-refractivity contribution in [2.24, 2.45) is 0 Å². The Hall–Kier alpha value is -2.20. The molecule has 3 rings (SSSR count). The smallest absolute Gasteiger partial charge is 0.321 e. The van der Waals surface area contributed by atoms with E-state index in [9.17, 15) is 0 Å². The van der Waals surface area contributed by atoms with E-state index in [1.807, 2.05) is 56.3 Å². The van der Waals surface area contributed by atoms with Gasteiger partial charge in [-0.3, -0.25) is 0 Å². The van der Waals surface area contributed by atoms with E-state index < -0.39 is 0 Å². The van der Waals surface area contributed by atoms with Crippen LogP contribution in [0.3, 0.4) is 0 Å². The molecule has 0 atom stereocenters. The number of benzene rings is 2. The van der Waals surface area contributed by atoms with Gasteiger partial charge in [-0.15, -0.1) is 0 Å². The van der Waals surface area contributed by atoms with Crippen LogP contribution < -0.4 is 4.74 Å². The topological polar surface area (TPSA) is 47.9 Å². The van der Waals surface area contributed by atoms with E-state index in [0.29, 0.717) is 5.82 Å². The average Bonchev–Trinajstić information content (AvgIpc) is 2.45. The van der Waals surface area contributed by atoms with Crippen LogP contribution in [-0.2, 0) is 0 Å². The van der Waals surface area contributed by atoms with Crippen LogP contribution in [0.5, 0.6) is 6.01 Å². The van der Waals surface area contributed by atoms with Crippen molar-refractivity contribution in [2.75, 3.05) is 0 Å². The fourth-order valence-electron chi connectivity index (χ4n) is 2.14. The van der Waals surface area contributed by atoms with Gasteiger partial charge in [0.2, 0.25) is 5.28 Å². The van der Waals surface area contributed by atoms with Crippen molar-refractivity contribution in [1.29, 1.82) is 0 Å². The molecule has 0 fully saturated rings. The zero-order valence-electron chi connectivity index (χ0n) is 11.7. The van der Waals surface area contributed by atoms with E-state index in [2.05, 4.69) is 15.0 Å². The van der Waals surface area contributed by atoms with Crippen LogP contribution in [0.4, 0.5) is 0 Å². The second kappa shape index (κ2) is 5.66. The molecule has 21 heavy (non-hydrogen) atoms. The maximum absolute atomic E-state index is 5.99. The Kier molecular flexibility index (Phi) is 3.71. The summed E-state index contributed by atoms with van der Waals surface area (Å²) in [5, 5.41) is 2.32. The largest absolute Gasteiger partial charge is 0.461 e. The van der Waals surface area contributed by atoms with Crippen molar-refractivity contribution in [3.8, 4) is 17.4 Å². The van der Waals surface area contributed by atoms with Crippen LogP contribution in [-0.4, -0.2) is 21.1 Å². The molecule has 5 heteroatoms. The summed E-state index contributed by atoms with van der Waals surface area (Å²) in [4.78, 5) is 12.6. The molecule has 0 unspecified atom stereocenters. The summed E-state index contributed by atoms with van der Waals surface area (Å²) in [7, 11) is 0. The minimum atomic E-state index is -0.0242. The Morgan fingerprint density at radius 2 is 1.71 bits per heavy atom. The highest BCUT2D eigenvalue weighted by Gasteiger charge is 2.11. The lowest BCUT2D eigenvalue weighted by molar-refractivity contribution is 0.222. The Morgan fingerprint density at radius 3 is 2.52 bits per heavy atom. The second-order valence-corrected chi connectivity index (χ2v) is 5.24. The normalized spacial score (nSPS) is 11.0. The lowest BCUT2D eigenvalue weighted by Crippen LogP contribution is -2.09. The highest BCUT2D eigenvalue weighted by atomic mass is 35.5. The maximum Gasteiger partial charge on any atom is 0.321 e. The first kappa shape index (κ1) is 13.8. The number of halogens is 1. The van der Waals surface area contributed by atoms with Gasteiger partial charge in [0.15, 0.2) is 5.82 Å². The van der Waals surface area contributed by atoms with Gasteiger partial charge in [-0.2, -0.15) is 15.0 Å². The number of rotatable bonds is 3. The monoisotopic (exact) mass is 299 g/mol. The highest BCUT2D eigenvalue weighted by molar-refractivity contribution is 6.28. The molecule has 3 aromatic rings. The molecule has 2 aromatic carbocycles. The number of hydrogen-bond acceptors (Lipinski definition) is 4. The van der Waals surface area contributed by atoms with Gasteiger partial charge < -0.3 is 4.74 Å². The zero-order valence-corrected chi connectivity index (χ0v) is 12.5. The molecule has 0 N–H and O–H groups in total. The third-order valence-corrected chi connectivity index (χ3v) is 3.13. The van der Waals surface area contributed by atoms with E-state index in [-0.39, 0.29) is 17.4 Å². The van der Waals surface area contributed by atoms with E-state index >= 15 is 0 Å². The van der Waals surface area contributed by atoms with Gasteiger partial charge in [0.05, 0.1) is 6.10 Å². The predicted molar refractivity (Wildman–Crippen MR) is 83.5 cm³/mol. The molecule has 0 aliphatic rings. The quantitative estimate of drug-likeness (QED) is 0.729. The van der Waals surface area contributed by atoms with Crippen molar-refractivity contribution in [3.05, 3.63) is 47.7 Å². The van der Waals surface area contributed by atoms with E-state index in [1.165, 1.54) is 0 Å². The Morgan fingerprint density at radius 1 is 0.952 bits per heavy atom. The molecule has 0 bridgehead atoms. The minimum Gasteiger partial charge on any atom is -0.461 e. The highest BCUT2D eigenvalue weighted by Crippen LogP contribution is 2.27. The molecule has 4 nitrogen and oxygen atoms in total. The van der Waals surface area contributed by atoms with Crippen molar-refractivity contribution >= 4 is 22.4 Å². The Bertz CT molecular complexity index is 784. The van der Waals surface area contributed by atoms with E-state index in [1.54, 1.807) is 0 Å². The molecule has 0 spiro atoms. The van der Waals surface area contributed by atoms with Crippen LogP contribution in [0.25, 0.3) is 22.2 Å². The van der Waals surface area contributed by atoms with Gasteiger partial charge in [-0.1, -0.05) is 42.5 Å². The standard InChI is InChI=1S/C16H14ClN3O/c1-10(2)21-16-19-14(18-15(17)20-16)13-9-5-7-11-6-3-4-8-12(11)13/h3-10H,1-2H3. The molecule has 106 valence electrons. The fourth-order valence-corrected chi connectivity index (χ4v) is 2.29. The summed E-state index contributed by atoms with van der Waals surface area (Å²) < 4.78 is 5.52. The van der Waals surface area contributed by atoms with Gasteiger partial charge >= 0.3 is 6.01 Å². The summed E-state index contributed by atoms with van der Waals surface area (Å²) >= 11 is 5.99. The lowest BCUT2D eigenvalue weighted by Gasteiger charge is -2.10. The molecule has 0 amide bonds. The van der Waals surface area contributed by atoms with E-state index in [4.69, 9.17) is 16.3 Å². The van der Waals surface area contributed by atoms with Crippen LogP contribution >= 0.6 is 11.6 Å². The number of hydrogen-bond donors (Lipinski definition) is 0. The molecule has 0 radical (unpaired) electrons. The third kappa shape index (κ3) is 2.95. The molecule has 0 aliphatic heterocycles. The van der Waals surface area contributed by atoms with Gasteiger partial charge in [0.1, 0.15) is 0 Å². The third-order valence-electron chi connectivity index (χ3n) is 2.96. The maximum atomic E-state index is 5.99. The van der Waals surface area contributed by atoms with Gasteiger partial charge in [0.25, 0.3) is 0 Å². The van der Waals surface area contributed by atoms with Crippen molar-refractivity contribution in [3.63, 3.8) is 0 Å². The van der Waals surface area contributed by atoms with Crippen molar-refractivity contribution in [2.45, 2.75) is 20.0 Å². The number of aromatic nitrogens is 3. The fraction of sp³-hybridized carbons (Fsp3) is 0.188. The minimum absolute atomic E-state index is 0.0242. The predicted octanol–water partition coefficient (Wildman–Crippen LogP) is 4.13. The summed E-state index contributed by atoms with van der Waals surface area (Å²) in [6.45, 7) is 3.82. The first-order valence-electron chi connectivity index (χ1n) is 6.70. The number of ether oxygens (including phenoxy) is 1. The van der Waals surface area contributed by atoms with Crippen LogP contribution in [0.15, 0.2) is 42.5 Å². The van der Waals surface area contributed by atoms with Gasteiger partial charge in [0, 0.05) is 5.56 Å². The SMILES string of the molecule is CC(C)Oc1nc(Cl)nc(-c2cccc3ccccc23)n1. The molecule has 0 aliphatic carbocycles. The van der Waals surface area contributed by atoms with Crippen LogP contribution in [0.1, 0.15) is 13.8 Å². The zero-order chi connectivity index (χ0) is 14.8. The van der Waals surface area contributed by atoms with Crippen LogP contribution in [0, 0.1) is 0 Å². The van der Waals surface area contributed by atoms with Crippen LogP contribution in [0.2, 0.25) is 5.28 Å². The second-order valence-electron chi connectivity index (χ2n) is 4.90. The summed E-state index contributed by atoms with van der Waals surface area (Å²) in [5.41, 5.74) is 0.908. The molecule has 1 heterocycles. The summed E-state index contributed by atoms with van der Waals surface area (Å²) in [6.07, 6.45) is -0.0242. The number of nitrogens with zero attached hydrogens (tertiary/aromatic N) is 3. The molecular weight excluding hydrogens is 286 g/mol. The van der Waals surface area contributed by atoms with Crippen molar-refractivity contribution in [1.82, 2.24) is 15.0 Å². The summed E-state index contributed by atoms with van der Waals surface area (Å²) in [6, 6.07) is 14.3. The van der Waals surface area contributed by atoms with Gasteiger partial charge in [-0.05, 0) is 36.2 Å². The Labute approximate surface area is 127 Å². The number of fused-ring (bicyclic) bond motifs is 1. The summed E-state index contributed by atoms with van der Waals surface area (Å²) in [5.74, 6) is 0.516. The first-order chi connectivity index (χ1) is 10.1. The van der Waals surface area contributed by atoms with Crippen molar-refractivity contribution < 1.29 is 4.74 Å². The molecular formula is C16H14ClN3O. The Balaban J connectivity index is 2.16.